The molecule has 0 aliphatic heterocycles. The number of carbonyl (C=O) groups is 3. The zero-order chi connectivity index (χ0) is 19.8. The van der Waals surface area contributed by atoms with E-state index in [1.165, 1.54) is 6.07 Å². The van der Waals surface area contributed by atoms with Gasteiger partial charge < -0.3 is 15.7 Å². The van der Waals surface area contributed by atoms with Crippen LogP contribution in [0.2, 0.25) is 5.02 Å². The van der Waals surface area contributed by atoms with E-state index < -0.39 is 17.9 Å². The Balaban J connectivity index is 2.18. The molecule has 0 fully saturated rings. The quantitative estimate of drug-likeness (QED) is 0.645. The van der Waals surface area contributed by atoms with Gasteiger partial charge in [-0.05, 0) is 42.3 Å². The maximum Gasteiger partial charge on any atom is 0.305 e. The summed E-state index contributed by atoms with van der Waals surface area (Å²) in [5, 5.41) is 15.1. The molecule has 0 heterocycles. The third-order valence-electron chi connectivity index (χ3n) is 3.88. The van der Waals surface area contributed by atoms with E-state index in [-0.39, 0.29) is 17.9 Å². The van der Waals surface area contributed by atoms with Gasteiger partial charge in [0.05, 0.1) is 12.5 Å². The summed E-state index contributed by atoms with van der Waals surface area (Å²) >= 11 is 5.87. The van der Waals surface area contributed by atoms with Gasteiger partial charge in [-0.15, -0.1) is 0 Å². The molecule has 27 heavy (non-hydrogen) atoms. The van der Waals surface area contributed by atoms with E-state index >= 15 is 0 Å². The largest absolute Gasteiger partial charge is 0.481 e. The molecule has 1 atom stereocenters. The highest BCUT2D eigenvalue weighted by Gasteiger charge is 2.19. The van der Waals surface area contributed by atoms with Crippen LogP contribution in [0.3, 0.4) is 0 Å². The van der Waals surface area contributed by atoms with Gasteiger partial charge in [0.15, 0.2) is 0 Å². The number of carboxylic acid groups (broad SMARTS) is 1. The fourth-order valence-corrected chi connectivity index (χ4v) is 2.63. The van der Waals surface area contributed by atoms with Gasteiger partial charge in [0, 0.05) is 22.7 Å². The lowest BCUT2D eigenvalue weighted by atomic mass is 10.0. The van der Waals surface area contributed by atoms with Gasteiger partial charge in [0.25, 0.3) is 11.8 Å². The molecule has 0 aromatic heterocycles. The number of halogens is 1. The first-order chi connectivity index (χ1) is 12.9. The average Bonchev–Trinajstić information content (AvgIpc) is 2.66. The van der Waals surface area contributed by atoms with E-state index in [0.717, 1.165) is 6.42 Å². The van der Waals surface area contributed by atoms with Crippen LogP contribution in [0.25, 0.3) is 0 Å². The van der Waals surface area contributed by atoms with E-state index in [2.05, 4.69) is 10.6 Å². The first-order valence-corrected chi connectivity index (χ1v) is 8.95. The Kier molecular flexibility index (Phi) is 7.37. The molecule has 2 rings (SSSR count). The van der Waals surface area contributed by atoms with Crippen molar-refractivity contribution in [1.82, 2.24) is 10.6 Å². The summed E-state index contributed by atoms with van der Waals surface area (Å²) in [6.45, 7) is 2.50. The van der Waals surface area contributed by atoms with Crippen LogP contribution in [0.5, 0.6) is 0 Å². The van der Waals surface area contributed by atoms with Crippen molar-refractivity contribution in [3.63, 3.8) is 0 Å². The van der Waals surface area contributed by atoms with Crippen molar-refractivity contribution in [2.24, 2.45) is 0 Å². The Morgan fingerprint density at radius 1 is 1.04 bits per heavy atom. The van der Waals surface area contributed by atoms with Crippen LogP contribution in [0.15, 0.2) is 48.5 Å². The van der Waals surface area contributed by atoms with Gasteiger partial charge in [0.1, 0.15) is 0 Å². The maximum absolute atomic E-state index is 12.6. The molecule has 0 bridgehead atoms. The van der Waals surface area contributed by atoms with Crippen LogP contribution in [0, 0.1) is 0 Å². The summed E-state index contributed by atoms with van der Waals surface area (Å²) < 4.78 is 0. The number of rotatable bonds is 8. The third kappa shape index (κ3) is 6.11. The summed E-state index contributed by atoms with van der Waals surface area (Å²) in [6, 6.07) is 12.2. The Labute approximate surface area is 162 Å². The molecule has 0 unspecified atom stereocenters. The normalized spacial score (nSPS) is 11.5. The van der Waals surface area contributed by atoms with E-state index in [1.54, 1.807) is 42.5 Å². The van der Waals surface area contributed by atoms with Crippen molar-refractivity contribution in [3.05, 3.63) is 70.2 Å². The lowest BCUT2D eigenvalue weighted by Gasteiger charge is -2.18. The number of hydrogen-bond donors (Lipinski definition) is 3. The maximum atomic E-state index is 12.6. The predicted octanol–water partition coefficient (Wildman–Crippen LogP) is 3.43. The van der Waals surface area contributed by atoms with E-state index in [1.807, 2.05) is 6.92 Å². The van der Waals surface area contributed by atoms with Gasteiger partial charge in [-0.3, -0.25) is 14.4 Å². The second-order valence-electron chi connectivity index (χ2n) is 6.01. The molecule has 0 saturated heterocycles. The molecule has 6 nitrogen and oxygen atoms in total. The molecule has 2 amide bonds. The second-order valence-corrected chi connectivity index (χ2v) is 6.45. The van der Waals surface area contributed by atoms with Crippen LogP contribution in [0.4, 0.5) is 0 Å². The van der Waals surface area contributed by atoms with E-state index in [4.69, 9.17) is 16.7 Å². The zero-order valence-corrected chi connectivity index (χ0v) is 15.6. The van der Waals surface area contributed by atoms with E-state index in [0.29, 0.717) is 22.7 Å². The number of aliphatic carboxylic acids is 1. The SMILES string of the molecule is CCCNC(=O)c1cccc(C(=O)N[C@@H](CC(=O)O)c2ccc(Cl)cc2)c1. The van der Waals surface area contributed by atoms with Crippen LogP contribution < -0.4 is 10.6 Å². The fourth-order valence-electron chi connectivity index (χ4n) is 2.51. The smallest absolute Gasteiger partial charge is 0.305 e. The number of hydrogen-bond acceptors (Lipinski definition) is 3. The van der Waals surface area contributed by atoms with Gasteiger partial charge in [-0.2, -0.15) is 0 Å². The Morgan fingerprint density at radius 2 is 1.67 bits per heavy atom. The first-order valence-electron chi connectivity index (χ1n) is 8.57. The minimum absolute atomic E-state index is 0.258. The zero-order valence-electron chi connectivity index (χ0n) is 14.9. The third-order valence-corrected chi connectivity index (χ3v) is 4.13. The van der Waals surface area contributed by atoms with Crippen LogP contribution in [0.1, 0.15) is 52.1 Å². The van der Waals surface area contributed by atoms with Crippen molar-refractivity contribution in [2.45, 2.75) is 25.8 Å². The van der Waals surface area contributed by atoms with Crippen molar-refractivity contribution in [1.29, 1.82) is 0 Å². The highest BCUT2D eigenvalue weighted by Crippen LogP contribution is 2.20. The van der Waals surface area contributed by atoms with Crippen molar-refractivity contribution in [2.75, 3.05) is 6.54 Å². The summed E-state index contributed by atoms with van der Waals surface area (Å²) in [4.78, 5) is 35.9. The van der Waals surface area contributed by atoms with Gasteiger partial charge >= 0.3 is 5.97 Å². The van der Waals surface area contributed by atoms with Crippen molar-refractivity contribution >= 4 is 29.4 Å². The van der Waals surface area contributed by atoms with E-state index in [9.17, 15) is 14.4 Å². The topological polar surface area (TPSA) is 95.5 Å². The number of amides is 2. The Hall–Kier alpha value is -2.86. The van der Waals surface area contributed by atoms with Crippen LogP contribution >= 0.6 is 11.6 Å². The average molecular weight is 389 g/mol. The molecule has 142 valence electrons. The van der Waals surface area contributed by atoms with Crippen molar-refractivity contribution < 1.29 is 19.5 Å². The predicted molar refractivity (Wildman–Crippen MR) is 103 cm³/mol. The first kappa shape index (κ1) is 20.5. The molecule has 0 saturated carbocycles. The standard InChI is InChI=1S/C20H21ClN2O4/c1-2-10-22-19(26)14-4-3-5-15(11-14)20(27)23-17(12-18(24)25)13-6-8-16(21)9-7-13/h3-9,11,17H,2,10,12H2,1H3,(H,22,26)(H,23,27)(H,24,25)/t17-/m0/s1. The summed E-state index contributed by atoms with van der Waals surface area (Å²) in [5.41, 5.74) is 1.29. The molecule has 7 heteroatoms. The molecule has 0 spiro atoms. The minimum Gasteiger partial charge on any atom is -0.481 e. The number of benzene rings is 2. The Bertz CT molecular complexity index is 821. The molecular formula is C20H21ClN2O4. The van der Waals surface area contributed by atoms with Gasteiger partial charge in [0.2, 0.25) is 0 Å². The highest BCUT2D eigenvalue weighted by molar-refractivity contribution is 6.30. The molecule has 2 aromatic carbocycles. The van der Waals surface area contributed by atoms with Gasteiger partial charge in [-0.25, -0.2) is 0 Å². The Morgan fingerprint density at radius 3 is 2.26 bits per heavy atom. The molecular weight excluding hydrogens is 368 g/mol. The summed E-state index contributed by atoms with van der Waals surface area (Å²) in [7, 11) is 0. The fraction of sp³-hybridized carbons (Fsp3) is 0.250. The van der Waals surface area contributed by atoms with Gasteiger partial charge in [-0.1, -0.05) is 36.7 Å². The highest BCUT2D eigenvalue weighted by atomic mass is 35.5. The molecule has 2 aromatic rings. The molecule has 0 aliphatic carbocycles. The number of nitrogens with one attached hydrogen (secondary N) is 2. The molecule has 0 aliphatic rings. The van der Waals surface area contributed by atoms with Crippen LogP contribution in [-0.2, 0) is 4.79 Å². The summed E-state index contributed by atoms with van der Waals surface area (Å²) in [6.07, 6.45) is 0.536. The molecule has 0 radical (unpaired) electrons. The number of carboxylic acids is 1. The second kappa shape index (κ2) is 9.73. The lowest BCUT2D eigenvalue weighted by Crippen LogP contribution is -2.30. The summed E-state index contributed by atoms with van der Waals surface area (Å²) in [5.74, 6) is -1.75. The van der Waals surface area contributed by atoms with Crippen LogP contribution in [-0.4, -0.2) is 29.4 Å². The monoisotopic (exact) mass is 388 g/mol. The minimum atomic E-state index is -1.04. The number of carbonyl (C=O) groups excluding carboxylic acids is 2. The lowest BCUT2D eigenvalue weighted by molar-refractivity contribution is -0.137. The van der Waals surface area contributed by atoms with Crippen molar-refractivity contribution in [3.8, 4) is 0 Å². The molecule has 3 N–H and O–H groups in total.